The third-order valence-electron chi connectivity index (χ3n) is 2.23. The number of amidine groups is 1. The third-order valence-corrected chi connectivity index (χ3v) is 2.23. The van der Waals surface area contributed by atoms with Crippen LogP contribution in [0.4, 0.5) is 0 Å². The number of aromatic nitrogens is 1. The minimum Gasteiger partial charge on any atom is -0.467 e. The van der Waals surface area contributed by atoms with Crippen LogP contribution in [0.3, 0.4) is 0 Å². The fraction of sp³-hybridized carbons (Fsp3) is 0.167. The zero-order valence-electron chi connectivity index (χ0n) is 9.22. The van der Waals surface area contributed by atoms with Gasteiger partial charge in [0.25, 0.3) is 0 Å². The maximum atomic E-state index is 7.39. The van der Waals surface area contributed by atoms with E-state index in [0.29, 0.717) is 18.9 Å². The first kappa shape index (κ1) is 11.3. The molecule has 2 aromatic heterocycles. The van der Waals surface area contributed by atoms with Crippen molar-refractivity contribution in [2.45, 2.75) is 13.2 Å². The molecule has 2 rings (SSSR count). The quantitative estimate of drug-likeness (QED) is 0.605. The first-order valence-corrected chi connectivity index (χ1v) is 5.16. The molecule has 0 radical (unpaired) electrons. The van der Waals surface area contributed by atoms with Crippen LogP contribution in [0.1, 0.15) is 17.0 Å². The highest BCUT2D eigenvalue weighted by molar-refractivity contribution is 5.94. The lowest BCUT2D eigenvalue weighted by Crippen LogP contribution is -2.16. The Morgan fingerprint density at radius 1 is 1.35 bits per heavy atom. The number of nitrogens with one attached hydrogen (secondary N) is 1. The van der Waals surface area contributed by atoms with Gasteiger partial charge in [-0.3, -0.25) is 10.4 Å². The molecule has 0 aliphatic carbocycles. The van der Waals surface area contributed by atoms with E-state index in [-0.39, 0.29) is 5.84 Å². The molecule has 0 fully saturated rings. The summed E-state index contributed by atoms with van der Waals surface area (Å²) in [4.78, 5) is 4.04. The summed E-state index contributed by atoms with van der Waals surface area (Å²) in [5.41, 5.74) is 6.69. The summed E-state index contributed by atoms with van der Waals surface area (Å²) >= 11 is 0. The van der Waals surface area contributed by atoms with E-state index in [1.807, 2.05) is 18.2 Å². The van der Waals surface area contributed by atoms with Gasteiger partial charge >= 0.3 is 0 Å². The van der Waals surface area contributed by atoms with Crippen LogP contribution in [-0.2, 0) is 18.0 Å². The molecule has 5 nitrogen and oxygen atoms in total. The molecule has 0 spiro atoms. The number of nitrogens with zero attached hydrogens (tertiary/aromatic N) is 1. The van der Waals surface area contributed by atoms with E-state index in [0.717, 1.165) is 11.3 Å². The molecule has 0 unspecified atom stereocenters. The van der Waals surface area contributed by atoms with Gasteiger partial charge in [0.05, 0.1) is 12.9 Å². The molecule has 0 aromatic carbocycles. The van der Waals surface area contributed by atoms with Crippen LogP contribution in [0.15, 0.2) is 41.1 Å². The summed E-state index contributed by atoms with van der Waals surface area (Å²) in [5, 5.41) is 7.39. The van der Waals surface area contributed by atoms with Crippen LogP contribution >= 0.6 is 0 Å². The van der Waals surface area contributed by atoms with Gasteiger partial charge in [0, 0.05) is 11.8 Å². The van der Waals surface area contributed by atoms with Gasteiger partial charge in [-0.05, 0) is 18.2 Å². The number of hydrogen-bond acceptors (Lipinski definition) is 4. The second-order valence-corrected chi connectivity index (χ2v) is 3.50. The maximum absolute atomic E-state index is 7.39. The van der Waals surface area contributed by atoms with Gasteiger partial charge in [-0.2, -0.15) is 0 Å². The molecule has 3 N–H and O–H groups in total. The summed E-state index contributed by atoms with van der Waals surface area (Å²) in [7, 11) is 0. The predicted octanol–water partition coefficient (Wildman–Crippen LogP) is 1.68. The molecular formula is C12H13N3O2. The highest BCUT2D eigenvalue weighted by atomic mass is 16.5. The summed E-state index contributed by atoms with van der Waals surface area (Å²) in [6.45, 7) is 0.739. The van der Waals surface area contributed by atoms with Crippen molar-refractivity contribution in [3.8, 4) is 0 Å². The van der Waals surface area contributed by atoms with Crippen LogP contribution < -0.4 is 5.73 Å². The maximum Gasteiger partial charge on any atom is 0.142 e. The van der Waals surface area contributed by atoms with Gasteiger partial charge in [-0.25, -0.2) is 0 Å². The largest absolute Gasteiger partial charge is 0.467 e. The Kier molecular flexibility index (Phi) is 3.52. The van der Waals surface area contributed by atoms with Crippen molar-refractivity contribution in [3.05, 3.63) is 53.7 Å². The first-order chi connectivity index (χ1) is 8.27. The summed E-state index contributed by atoms with van der Waals surface area (Å²) in [6, 6.07) is 7.28. The molecule has 0 aliphatic rings. The second kappa shape index (κ2) is 5.27. The Morgan fingerprint density at radius 3 is 2.94 bits per heavy atom. The molecule has 5 heteroatoms. The summed E-state index contributed by atoms with van der Waals surface area (Å²) < 4.78 is 10.6. The Labute approximate surface area is 98.7 Å². The van der Waals surface area contributed by atoms with E-state index in [1.165, 1.54) is 0 Å². The highest BCUT2D eigenvalue weighted by Gasteiger charge is 2.06. The molecule has 0 atom stereocenters. The van der Waals surface area contributed by atoms with E-state index in [2.05, 4.69) is 4.98 Å². The number of ether oxygens (including phenoxy) is 1. The van der Waals surface area contributed by atoms with Crippen LogP contribution in [0, 0.1) is 5.41 Å². The fourth-order valence-corrected chi connectivity index (χ4v) is 1.45. The number of hydrogen-bond donors (Lipinski definition) is 2. The standard InChI is InChI=1S/C12H13N3O2/c13-12(14)11-9(3-1-5-15-11)7-16-8-10-4-2-6-17-10/h1-6H,7-8H2,(H3,13,14). The van der Waals surface area contributed by atoms with Crippen molar-refractivity contribution in [2.24, 2.45) is 5.73 Å². The van der Waals surface area contributed by atoms with Gasteiger partial charge in [0.2, 0.25) is 0 Å². The first-order valence-electron chi connectivity index (χ1n) is 5.16. The molecule has 0 aliphatic heterocycles. The Hall–Kier alpha value is -2.14. The zero-order chi connectivity index (χ0) is 12.1. The molecule has 2 aromatic rings. The molecule has 0 saturated heterocycles. The van der Waals surface area contributed by atoms with Crippen molar-refractivity contribution in [1.29, 1.82) is 5.41 Å². The zero-order valence-corrected chi connectivity index (χ0v) is 9.22. The van der Waals surface area contributed by atoms with Crippen molar-refractivity contribution in [2.75, 3.05) is 0 Å². The molecular weight excluding hydrogens is 218 g/mol. The van der Waals surface area contributed by atoms with Gasteiger partial charge in [-0.15, -0.1) is 0 Å². The third kappa shape index (κ3) is 2.92. The smallest absolute Gasteiger partial charge is 0.142 e. The number of rotatable bonds is 5. The molecule has 0 saturated carbocycles. The van der Waals surface area contributed by atoms with Crippen LogP contribution in [0.2, 0.25) is 0 Å². The van der Waals surface area contributed by atoms with E-state index in [9.17, 15) is 0 Å². The Balaban J connectivity index is 1.97. The molecule has 88 valence electrons. The average Bonchev–Trinajstić information content (AvgIpc) is 2.82. The SMILES string of the molecule is N=C(N)c1ncccc1COCc1ccco1. The average molecular weight is 231 g/mol. The van der Waals surface area contributed by atoms with Crippen molar-refractivity contribution < 1.29 is 9.15 Å². The van der Waals surface area contributed by atoms with Crippen LogP contribution in [0.5, 0.6) is 0 Å². The Bertz CT molecular complexity index is 494. The van der Waals surface area contributed by atoms with Gasteiger partial charge in [0.15, 0.2) is 0 Å². The van der Waals surface area contributed by atoms with Crippen molar-refractivity contribution in [1.82, 2.24) is 4.98 Å². The summed E-state index contributed by atoms with van der Waals surface area (Å²) in [6.07, 6.45) is 3.20. The van der Waals surface area contributed by atoms with E-state index in [4.69, 9.17) is 20.3 Å². The Morgan fingerprint density at radius 2 is 2.24 bits per heavy atom. The second-order valence-electron chi connectivity index (χ2n) is 3.50. The minimum atomic E-state index is -0.0535. The molecule has 0 bridgehead atoms. The van der Waals surface area contributed by atoms with Crippen molar-refractivity contribution >= 4 is 5.84 Å². The van der Waals surface area contributed by atoms with Crippen molar-refractivity contribution in [3.63, 3.8) is 0 Å². The van der Waals surface area contributed by atoms with E-state index < -0.39 is 0 Å². The van der Waals surface area contributed by atoms with Gasteiger partial charge in [0.1, 0.15) is 23.9 Å². The topological polar surface area (TPSA) is 85.1 Å². The molecule has 0 amide bonds. The normalized spacial score (nSPS) is 10.4. The molecule has 2 heterocycles. The summed E-state index contributed by atoms with van der Waals surface area (Å²) in [5.74, 6) is 0.709. The van der Waals surface area contributed by atoms with E-state index in [1.54, 1.807) is 18.5 Å². The van der Waals surface area contributed by atoms with Gasteiger partial charge in [-0.1, -0.05) is 6.07 Å². The van der Waals surface area contributed by atoms with Crippen LogP contribution in [-0.4, -0.2) is 10.8 Å². The fourth-order valence-electron chi connectivity index (χ4n) is 1.45. The number of nitrogens with two attached hydrogens (primary N) is 1. The number of nitrogen functional groups attached to an aromatic ring is 1. The lowest BCUT2D eigenvalue weighted by molar-refractivity contribution is 0.0926. The lowest BCUT2D eigenvalue weighted by atomic mass is 10.2. The minimum absolute atomic E-state index is 0.0535. The number of pyridine rings is 1. The van der Waals surface area contributed by atoms with Gasteiger partial charge < -0.3 is 14.9 Å². The highest BCUT2D eigenvalue weighted by Crippen LogP contribution is 2.09. The predicted molar refractivity (Wildman–Crippen MR) is 62.5 cm³/mol. The van der Waals surface area contributed by atoms with Crippen LogP contribution in [0.25, 0.3) is 0 Å². The lowest BCUT2D eigenvalue weighted by Gasteiger charge is -2.06. The van der Waals surface area contributed by atoms with E-state index >= 15 is 0 Å². The monoisotopic (exact) mass is 231 g/mol. The molecule has 17 heavy (non-hydrogen) atoms. The number of furan rings is 1.